The first-order valence-electron chi connectivity index (χ1n) is 8.93. The van der Waals surface area contributed by atoms with Gasteiger partial charge in [-0.3, -0.25) is 4.79 Å². The van der Waals surface area contributed by atoms with Crippen LogP contribution in [0.1, 0.15) is 28.8 Å². The lowest BCUT2D eigenvalue weighted by atomic mass is 10.1. The lowest BCUT2D eigenvalue weighted by molar-refractivity contribution is 0.0954. The third kappa shape index (κ3) is 3.99. The van der Waals surface area contributed by atoms with E-state index in [1.165, 1.54) is 12.8 Å². The van der Waals surface area contributed by atoms with E-state index in [1.807, 2.05) is 36.5 Å². The van der Waals surface area contributed by atoms with E-state index in [0.717, 1.165) is 41.2 Å². The summed E-state index contributed by atoms with van der Waals surface area (Å²) >= 11 is 6.07. The Morgan fingerprint density at radius 1 is 1.27 bits per heavy atom. The van der Waals surface area contributed by atoms with Gasteiger partial charge in [0, 0.05) is 41.4 Å². The summed E-state index contributed by atoms with van der Waals surface area (Å²) in [6, 6.07) is 9.44. The normalized spacial score (nSPS) is 13.7. The summed E-state index contributed by atoms with van der Waals surface area (Å²) in [5.41, 5.74) is 2.76. The van der Waals surface area contributed by atoms with Crippen molar-refractivity contribution in [1.29, 1.82) is 0 Å². The number of fused-ring (bicyclic) bond motifs is 1. The largest absolute Gasteiger partial charge is 0.370 e. The number of nitrogens with one attached hydrogen (secondary N) is 3. The van der Waals surface area contributed by atoms with Crippen LogP contribution in [-0.4, -0.2) is 29.0 Å². The Hall–Kier alpha value is -2.53. The van der Waals surface area contributed by atoms with Gasteiger partial charge in [0.05, 0.1) is 5.56 Å². The second kappa shape index (κ2) is 7.38. The van der Waals surface area contributed by atoms with Crippen LogP contribution in [0.2, 0.25) is 5.02 Å². The molecule has 2 heterocycles. The number of hydrogen-bond donors (Lipinski definition) is 3. The van der Waals surface area contributed by atoms with Crippen LogP contribution < -0.4 is 10.6 Å². The number of amides is 1. The van der Waals surface area contributed by atoms with Crippen LogP contribution in [0.25, 0.3) is 10.9 Å². The maximum atomic E-state index is 12.3. The van der Waals surface area contributed by atoms with Gasteiger partial charge in [-0.05, 0) is 61.1 Å². The summed E-state index contributed by atoms with van der Waals surface area (Å²) < 4.78 is 0. The van der Waals surface area contributed by atoms with Gasteiger partial charge in [-0.1, -0.05) is 11.6 Å². The van der Waals surface area contributed by atoms with Crippen LogP contribution in [-0.2, 0) is 6.42 Å². The molecule has 1 aliphatic rings. The molecule has 1 aliphatic carbocycles. The van der Waals surface area contributed by atoms with Crippen molar-refractivity contribution in [3.63, 3.8) is 0 Å². The highest BCUT2D eigenvalue weighted by Crippen LogP contribution is 2.28. The van der Waals surface area contributed by atoms with Crippen LogP contribution in [0, 0.1) is 5.92 Å². The number of H-pyrrole nitrogens is 1. The number of hydrogen-bond acceptors (Lipinski definition) is 3. The smallest absolute Gasteiger partial charge is 0.252 e. The molecule has 1 aromatic carbocycles. The average molecular weight is 369 g/mol. The van der Waals surface area contributed by atoms with E-state index >= 15 is 0 Å². The fourth-order valence-corrected chi connectivity index (χ4v) is 3.15. The summed E-state index contributed by atoms with van der Waals surface area (Å²) in [6.07, 6.45) is 6.93. The van der Waals surface area contributed by atoms with E-state index < -0.39 is 0 Å². The van der Waals surface area contributed by atoms with Gasteiger partial charge in [-0.2, -0.15) is 0 Å². The van der Waals surface area contributed by atoms with Crippen molar-refractivity contribution >= 4 is 34.2 Å². The molecule has 6 heteroatoms. The highest BCUT2D eigenvalue weighted by Gasteiger charge is 2.20. The van der Waals surface area contributed by atoms with Crippen molar-refractivity contribution in [3.05, 3.63) is 58.9 Å². The summed E-state index contributed by atoms with van der Waals surface area (Å²) in [6.45, 7) is 1.52. The fourth-order valence-electron chi connectivity index (χ4n) is 2.97. The number of carbonyl (C=O) groups excluding carboxylic acids is 1. The first-order chi connectivity index (χ1) is 12.7. The van der Waals surface area contributed by atoms with Gasteiger partial charge in [0.2, 0.25) is 0 Å². The zero-order valence-corrected chi connectivity index (χ0v) is 15.1. The summed E-state index contributed by atoms with van der Waals surface area (Å²) in [4.78, 5) is 19.8. The molecular formula is C20H21ClN4O. The van der Waals surface area contributed by atoms with E-state index in [1.54, 1.807) is 6.20 Å². The quantitative estimate of drug-likeness (QED) is 0.590. The Morgan fingerprint density at radius 2 is 2.15 bits per heavy atom. The minimum Gasteiger partial charge on any atom is -0.370 e. The van der Waals surface area contributed by atoms with Gasteiger partial charge in [0.25, 0.3) is 5.91 Å². The minimum absolute atomic E-state index is 0.107. The molecule has 0 spiro atoms. The fraction of sp³-hybridized carbons (Fsp3) is 0.300. The summed E-state index contributed by atoms with van der Waals surface area (Å²) in [5.74, 6) is 1.51. The molecule has 0 unspecified atom stereocenters. The van der Waals surface area contributed by atoms with Crippen LogP contribution in [0.5, 0.6) is 0 Å². The van der Waals surface area contributed by atoms with E-state index in [9.17, 15) is 4.79 Å². The number of carbonyl (C=O) groups is 1. The molecule has 4 rings (SSSR count). The molecule has 3 aromatic rings. The van der Waals surface area contributed by atoms with Crippen molar-refractivity contribution in [2.24, 2.45) is 5.92 Å². The second-order valence-corrected chi connectivity index (χ2v) is 7.20. The van der Waals surface area contributed by atoms with E-state index in [4.69, 9.17) is 11.6 Å². The maximum Gasteiger partial charge on any atom is 0.252 e. The third-order valence-corrected chi connectivity index (χ3v) is 4.94. The third-order valence-electron chi connectivity index (χ3n) is 4.70. The van der Waals surface area contributed by atoms with Crippen molar-refractivity contribution in [2.45, 2.75) is 19.3 Å². The molecule has 0 bridgehead atoms. The molecule has 134 valence electrons. The molecule has 26 heavy (non-hydrogen) atoms. The predicted molar refractivity (Wildman–Crippen MR) is 105 cm³/mol. The molecule has 5 nitrogen and oxygen atoms in total. The zero-order chi connectivity index (χ0) is 17.9. The molecule has 3 N–H and O–H groups in total. The van der Waals surface area contributed by atoms with E-state index in [-0.39, 0.29) is 5.91 Å². The number of pyridine rings is 1. The lowest BCUT2D eigenvalue weighted by Gasteiger charge is -2.07. The van der Waals surface area contributed by atoms with Crippen molar-refractivity contribution in [2.75, 3.05) is 18.4 Å². The molecule has 1 fully saturated rings. The first kappa shape index (κ1) is 16.9. The molecule has 0 radical (unpaired) electrons. The van der Waals surface area contributed by atoms with Gasteiger partial charge in [-0.25, -0.2) is 4.98 Å². The highest BCUT2D eigenvalue weighted by atomic mass is 35.5. The molecule has 2 aromatic heterocycles. The standard InChI is InChI=1S/C20H21ClN4O/c21-16-4-5-18-17(9-16)14(11-23-18)7-8-22-20(26)15-3-6-19(25-12-15)24-10-13-1-2-13/h3-6,9,11-13,23H,1-2,7-8,10H2,(H,22,26)(H,24,25). The molecule has 0 aliphatic heterocycles. The summed E-state index contributed by atoms with van der Waals surface area (Å²) in [5, 5.41) is 8.06. The molecule has 0 saturated heterocycles. The number of benzene rings is 1. The van der Waals surface area contributed by atoms with Gasteiger partial charge >= 0.3 is 0 Å². The topological polar surface area (TPSA) is 69.8 Å². The van der Waals surface area contributed by atoms with Crippen LogP contribution >= 0.6 is 11.6 Å². The number of aromatic amines is 1. The monoisotopic (exact) mass is 368 g/mol. The number of anilines is 1. The Labute approximate surface area is 157 Å². The average Bonchev–Trinajstić information content (AvgIpc) is 3.41. The van der Waals surface area contributed by atoms with Gasteiger partial charge in [-0.15, -0.1) is 0 Å². The SMILES string of the molecule is O=C(NCCc1c[nH]c2ccc(Cl)cc12)c1ccc(NCC2CC2)nc1. The van der Waals surface area contributed by atoms with Gasteiger partial charge in [0.15, 0.2) is 0 Å². The van der Waals surface area contributed by atoms with Crippen LogP contribution in [0.15, 0.2) is 42.7 Å². The number of aromatic nitrogens is 2. The lowest BCUT2D eigenvalue weighted by Crippen LogP contribution is -2.25. The Morgan fingerprint density at radius 3 is 2.92 bits per heavy atom. The highest BCUT2D eigenvalue weighted by molar-refractivity contribution is 6.31. The van der Waals surface area contributed by atoms with Crippen LogP contribution in [0.4, 0.5) is 5.82 Å². The van der Waals surface area contributed by atoms with Gasteiger partial charge < -0.3 is 15.6 Å². The van der Waals surface area contributed by atoms with Crippen molar-refractivity contribution in [1.82, 2.24) is 15.3 Å². The first-order valence-corrected chi connectivity index (χ1v) is 9.30. The maximum absolute atomic E-state index is 12.3. The van der Waals surface area contributed by atoms with Crippen molar-refractivity contribution < 1.29 is 4.79 Å². The van der Waals surface area contributed by atoms with Crippen molar-refractivity contribution in [3.8, 4) is 0 Å². The van der Waals surface area contributed by atoms with E-state index in [2.05, 4.69) is 20.6 Å². The Kier molecular flexibility index (Phi) is 4.80. The van der Waals surface area contributed by atoms with Gasteiger partial charge in [0.1, 0.15) is 5.82 Å². The molecule has 0 atom stereocenters. The minimum atomic E-state index is -0.107. The predicted octanol–water partition coefficient (Wildman–Crippen LogP) is 4.01. The second-order valence-electron chi connectivity index (χ2n) is 6.77. The summed E-state index contributed by atoms with van der Waals surface area (Å²) in [7, 11) is 0. The Balaban J connectivity index is 1.30. The molecular weight excluding hydrogens is 348 g/mol. The number of halogens is 1. The van der Waals surface area contributed by atoms with Crippen LogP contribution in [0.3, 0.4) is 0 Å². The number of nitrogens with zero attached hydrogens (tertiary/aromatic N) is 1. The molecule has 1 amide bonds. The molecule has 1 saturated carbocycles. The Bertz CT molecular complexity index is 915. The zero-order valence-electron chi connectivity index (χ0n) is 14.4. The number of rotatable bonds is 7. The van der Waals surface area contributed by atoms with E-state index in [0.29, 0.717) is 17.1 Å².